The molecule has 1 rings (SSSR count). The lowest BCUT2D eigenvalue weighted by atomic mass is 10.00. The minimum absolute atomic E-state index is 0.508. The second kappa shape index (κ2) is 5.74. The molecule has 0 saturated heterocycles. The van der Waals surface area contributed by atoms with Crippen LogP contribution in [0.3, 0.4) is 0 Å². The summed E-state index contributed by atoms with van der Waals surface area (Å²) in [4.78, 5) is 0. The molecule has 15 heavy (non-hydrogen) atoms. The third-order valence-corrected chi connectivity index (χ3v) is 3.92. The SMILES string of the molecule is C=C=C(CCl)Cc1cc(C)c(I)cc1C. The van der Waals surface area contributed by atoms with Gasteiger partial charge in [-0.2, -0.15) is 0 Å². The van der Waals surface area contributed by atoms with Crippen molar-refractivity contribution in [2.24, 2.45) is 0 Å². The Hall–Kier alpha value is -0.240. The lowest BCUT2D eigenvalue weighted by molar-refractivity contribution is 1.11. The van der Waals surface area contributed by atoms with Gasteiger partial charge in [0.25, 0.3) is 0 Å². The van der Waals surface area contributed by atoms with Gasteiger partial charge in [0, 0.05) is 9.99 Å². The molecule has 0 saturated carbocycles. The van der Waals surface area contributed by atoms with E-state index in [1.165, 1.54) is 20.3 Å². The van der Waals surface area contributed by atoms with Gasteiger partial charge in [-0.3, -0.25) is 0 Å². The molecule has 1 aromatic rings. The van der Waals surface area contributed by atoms with Crippen LogP contribution in [0.5, 0.6) is 0 Å². The van der Waals surface area contributed by atoms with Gasteiger partial charge in [0.05, 0.1) is 5.88 Å². The van der Waals surface area contributed by atoms with E-state index in [-0.39, 0.29) is 0 Å². The molecule has 0 aliphatic heterocycles. The summed E-state index contributed by atoms with van der Waals surface area (Å²) < 4.78 is 1.31. The Morgan fingerprint density at radius 3 is 2.60 bits per heavy atom. The number of rotatable bonds is 3. The maximum atomic E-state index is 5.80. The van der Waals surface area contributed by atoms with E-state index in [2.05, 4.69) is 60.9 Å². The predicted molar refractivity (Wildman–Crippen MR) is 75.7 cm³/mol. The molecule has 0 N–H and O–H groups in total. The Bertz CT molecular complexity index is 415. The predicted octanol–water partition coefficient (Wildman–Crippen LogP) is 4.40. The van der Waals surface area contributed by atoms with Gasteiger partial charge < -0.3 is 0 Å². The van der Waals surface area contributed by atoms with Crippen LogP contribution in [-0.4, -0.2) is 5.88 Å². The minimum Gasteiger partial charge on any atom is -0.128 e. The van der Waals surface area contributed by atoms with Crippen LogP contribution in [0.2, 0.25) is 0 Å². The van der Waals surface area contributed by atoms with Crippen molar-refractivity contribution in [1.29, 1.82) is 0 Å². The van der Waals surface area contributed by atoms with E-state index >= 15 is 0 Å². The van der Waals surface area contributed by atoms with Crippen LogP contribution >= 0.6 is 34.2 Å². The van der Waals surface area contributed by atoms with Gasteiger partial charge in [-0.1, -0.05) is 12.6 Å². The van der Waals surface area contributed by atoms with Crippen LogP contribution in [0.4, 0.5) is 0 Å². The molecule has 0 radical (unpaired) electrons. The molecule has 0 fully saturated rings. The second-order valence-corrected chi connectivity index (χ2v) is 5.05. The lowest BCUT2D eigenvalue weighted by Crippen LogP contribution is -1.96. The third-order valence-electron chi connectivity index (χ3n) is 2.43. The van der Waals surface area contributed by atoms with Crippen molar-refractivity contribution in [3.05, 3.63) is 50.3 Å². The first kappa shape index (κ1) is 12.8. The zero-order chi connectivity index (χ0) is 11.4. The number of aryl methyl sites for hydroxylation is 2. The fraction of sp³-hybridized carbons (Fsp3) is 0.308. The van der Waals surface area contributed by atoms with Crippen molar-refractivity contribution < 1.29 is 0 Å². The molecular weight excluding hydrogens is 319 g/mol. The number of halogens is 2. The Labute approximate surface area is 110 Å². The number of allylic oxidation sites excluding steroid dienone is 1. The smallest absolute Gasteiger partial charge is 0.0511 e. The summed E-state index contributed by atoms with van der Waals surface area (Å²) in [7, 11) is 0. The quantitative estimate of drug-likeness (QED) is 0.437. The van der Waals surface area contributed by atoms with E-state index in [9.17, 15) is 0 Å². The maximum absolute atomic E-state index is 5.80. The normalized spacial score (nSPS) is 9.87. The molecule has 0 aromatic heterocycles. The highest BCUT2D eigenvalue weighted by Gasteiger charge is 2.04. The lowest BCUT2D eigenvalue weighted by Gasteiger charge is -2.09. The zero-order valence-corrected chi connectivity index (χ0v) is 11.9. The van der Waals surface area contributed by atoms with E-state index in [1.807, 2.05) is 0 Å². The first-order valence-electron chi connectivity index (χ1n) is 4.78. The zero-order valence-electron chi connectivity index (χ0n) is 9.03. The number of hydrogen-bond donors (Lipinski definition) is 0. The first-order valence-corrected chi connectivity index (χ1v) is 6.39. The van der Waals surface area contributed by atoms with Crippen LogP contribution in [0.1, 0.15) is 16.7 Å². The van der Waals surface area contributed by atoms with Crippen LogP contribution < -0.4 is 0 Å². The Morgan fingerprint density at radius 1 is 1.40 bits per heavy atom. The van der Waals surface area contributed by atoms with Gasteiger partial charge in [-0.25, -0.2) is 0 Å². The molecule has 0 amide bonds. The van der Waals surface area contributed by atoms with E-state index < -0.39 is 0 Å². The highest BCUT2D eigenvalue weighted by atomic mass is 127. The van der Waals surface area contributed by atoms with Crippen LogP contribution in [0.15, 0.2) is 30.0 Å². The standard InChI is InChI=1S/C13H14ClI/c1-4-11(8-14)7-12-5-10(3)13(15)6-9(12)2/h5-6H,1,7-8H2,2-3H3. The molecule has 0 atom stereocenters. The third kappa shape index (κ3) is 3.37. The molecule has 0 aliphatic rings. The average molecular weight is 333 g/mol. The summed E-state index contributed by atoms with van der Waals surface area (Å²) in [5.74, 6) is 0.508. The molecule has 0 nitrogen and oxygen atoms in total. The number of alkyl halides is 1. The fourth-order valence-corrected chi connectivity index (χ4v) is 2.23. The van der Waals surface area contributed by atoms with Crippen LogP contribution in [-0.2, 0) is 6.42 Å². The first-order chi connectivity index (χ1) is 7.08. The van der Waals surface area contributed by atoms with E-state index in [1.54, 1.807) is 0 Å². The Balaban J connectivity index is 3.05. The van der Waals surface area contributed by atoms with Gasteiger partial charge in [0.1, 0.15) is 0 Å². The molecule has 2 heteroatoms. The molecule has 0 bridgehead atoms. The molecule has 80 valence electrons. The van der Waals surface area contributed by atoms with Gasteiger partial charge in [0.15, 0.2) is 0 Å². The van der Waals surface area contributed by atoms with E-state index in [4.69, 9.17) is 11.6 Å². The molecule has 1 aromatic carbocycles. The number of benzene rings is 1. The summed E-state index contributed by atoms with van der Waals surface area (Å²) in [6, 6.07) is 4.43. The number of hydrogen-bond acceptors (Lipinski definition) is 0. The van der Waals surface area contributed by atoms with Gasteiger partial charge in [0.2, 0.25) is 0 Å². The monoisotopic (exact) mass is 332 g/mol. The van der Waals surface area contributed by atoms with Crippen molar-refractivity contribution >= 4 is 34.2 Å². The van der Waals surface area contributed by atoms with Crippen LogP contribution in [0.25, 0.3) is 0 Å². The van der Waals surface area contributed by atoms with Crippen molar-refractivity contribution in [2.45, 2.75) is 20.3 Å². The molecule has 0 heterocycles. The maximum Gasteiger partial charge on any atom is 0.0511 e. The molecule has 0 unspecified atom stereocenters. The fourth-order valence-electron chi connectivity index (χ4n) is 1.42. The summed E-state index contributed by atoms with van der Waals surface area (Å²) in [6.07, 6.45) is 0.858. The van der Waals surface area contributed by atoms with Crippen molar-refractivity contribution in [3.63, 3.8) is 0 Å². The van der Waals surface area contributed by atoms with Crippen molar-refractivity contribution in [2.75, 3.05) is 5.88 Å². The highest BCUT2D eigenvalue weighted by Crippen LogP contribution is 2.20. The average Bonchev–Trinajstić information content (AvgIpc) is 2.21. The highest BCUT2D eigenvalue weighted by molar-refractivity contribution is 14.1. The second-order valence-electron chi connectivity index (χ2n) is 3.62. The summed E-state index contributed by atoms with van der Waals surface area (Å²) in [5.41, 5.74) is 7.89. The Kier molecular flexibility index (Phi) is 4.91. The van der Waals surface area contributed by atoms with Gasteiger partial charge in [-0.05, 0) is 64.8 Å². The van der Waals surface area contributed by atoms with Crippen molar-refractivity contribution in [3.8, 4) is 0 Å². The van der Waals surface area contributed by atoms with E-state index in [0.717, 1.165) is 12.0 Å². The summed E-state index contributed by atoms with van der Waals surface area (Å²) >= 11 is 8.16. The van der Waals surface area contributed by atoms with Crippen molar-refractivity contribution in [1.82, 2.24) is 0 Å². The Morgan fingerprint density at radius 2 is 2.07 bits per heavy atom. The molecule has 0 spiro atoms. The van der Waals surface area contributed by atoms with E-state index in [0.29, 0.717) is 5.88 Å². The molecular formula is C13H14ClI. The van der Waals surface area contributed by atoms with Crippen LogP contribution in [0, 0.1) is 17.4 Å². The summed E-state index contributed by atoms with van der Waals surface area (Å²) in [6.45, 7) is 7.91. The topological polar surface area (TPSA) is 0 Å². The largest absolute Gasteiger partial charge is 0.128 e. The molecule has 0 aliphatic carbocycles. The van der Waals surface area contributed by atoms with Gasteiger partial charge in [-0.15, -0.1) is 17.3 Å². The summed E-state index contributed by atoms with van der Waals surface area (Å²) in [5, 5.41) is 0. The minimum atomic E-state index is 0.508. The van der Waals surface area contributed by atoms with Gasteiger partial charge >= 0.3 is 0 Å².